The standard InChI is InChI=1S/C16H13ClF2N4O.C2H6/c1-9(13(19)11(17)3-2-5-18)8-23-14-10-4-6-20-15(10)21-7-12(14)22-16(23)24;1-2/h2-7H,8H2,1H3,(H,20,21)(H,22,24);1-2H3/b5-2+,11-3+,13-9?;. The summed E-state index contributed by atoms with van der Waals surface area (Å²) in [5.74, 6) is -0.699. The van der Waals surface area contributed by atoms with E-state index in [-0.39, 0.29) is 29.2 Å². The third kappa shape index (κ3) is 3.77. The van der Waals surface area contributed by atoms with Gasteiger partial charge in [0.1, 0.15) is 11.5 Å². The number of hydrogen-bond donors (Lipinski definition) is 2. The van der Waals surface area contributed by atoms with Gasteiger partial charge in [-0.1, -0.05) is 25.4 Å². The van der Waals surface area contributed by atoms with Crippen LogP contribution in [-0.4, -0.2) is 19.5 Å². The molecule has 3 aromatic rings. The summed E-state index contributed by atoms with van der Waals surface area (Å²) in [5.41, 5.74) is 1.68. The number of aromatic amines is 2. The number of hydrogen-bond acceptors (Lipinski definition) is 2. The van der Waals surface area contributed by atoms with E-state index >= 15 is 0 Å². The number of pyridine rings is 1. The van der Waals surface area contributed by atoms with E-state index in [9.17, 15) is 13.6 Å². The summed E-state index contributed by atoms with van der Waals surface area (Å²) in [5, 5.41) is 0.517. The van der Waals surface area contributed by atoms with Gasteiger partial charge in [-0.25, -0.2) is 18.6 Å². The average molecular weight is 381 g/mol. The minimum Gasteiger partial charge on any atom is -0.346 e. The molecule has 0 saturated carbocycles. The molecule has 3 heterocycles. The van der Waals surface area contributed by atoms with Crippen molar-refractivity contribution in [2.24, 2.45) is 0 Å². The minimum atomic E-state index is -0.699. The Morgan fingerprint density at radius 1 is 1.42 bits per heavy atom. The molecule has 0 amide bonds. The van der Waals surface area contributed by atoms with Crippen molar-refractivity contribution in [3.8, 4) is 0 Å². The van der Waals surface area contributed by atoms with Crippen molar-refractivity contribution in [2.45, 2.75) is 27.3 Å². The van der Waals surface area contributed by atoms with Gasteiger partial charge in [-0.2, -0.15) is 0 Å². The number of fused-ring (bicyclic) bond motifs is 3. The lowest BCUT2D eigenvalue weighted by Crippen LogP contribution is -2.17. The van der Waals surface area contributed by atoms with Crippen LogP contribution in [0.4, 0.5) is 8.78 Å². The molecule has 2 N–H and O–H groups in total. The molecule has 0 aliphatic heterocycles. The molecule has 0 aliphatic rings. The van der Waals surface area contributed by atoms with Crippen LogP contribution in [0.25, 0.3) is 22.1 Å². The lowest BCUT2D eigenvalue weighted by Gasteiger charge is -2.06. The fourth-order valence-corrected chi connectivity index (χ4v) is 2.75. The second-order valence-corrected chi connectivity index (χ2v) is 5.61. The van der Waals surface area contributed by atoms with Crippen LogP contribution in [0.15, 0.2) is 58.2 Å². The van der Waals surface area contributed by atoms with Crippen LogP contribution in [0.5, 0.6) is 0 Å². The van der Waals surface area contributed by atoms with Gasteiger partial charge in [-0.15, -0.1) is 0 Å². The van der Waals surface area contributed by atoms with Gasteiger partial charge < -0.3 is 9.97 Å². The summed E-state index contributed by atoms with van der Waals surface area (Å²) in [6.07, 6.45) is 5.60. The zero-order valence-electron chi connectivity index (χ0n) is 14.6. The fourth-order valence-electron chi connectivity index (χ4n) is 2.52. The normalized spacial score (nSPS) is 13.2. The van der Waals surface area contributed by atoms with E-state index in [1.807, 2.05) is 13.8 Å². The van der Waals surface area contributed by atoms with Gasteiger partial charge in [0.15, 0.2) is 0 Å². The summed E-state index contributed by atoms with van der Waals surface area (Å²) in [6.45, 7) is 5.52. The number of H-pyrrole nitrogens is 2. The van der Waals surface area contributed by atoms with Gasteiger partial charge in [-0.05, 0) is 30.7 Å². The molecule has 3 aromatic heterocycles. The molecule has 0 atom stereocenters. The van der Waals surface area contributed by atoms with Crippen molar-refractivity contribution in [1.29, 1.82) is 0 Å². The topological polar surface area (TPSA) is 66.5 Å². The molecule has 8 heteroatoms. The maximum atomic E-state index is 14.3. The highest BCUT2D eigenvalue weighted by Gasteiger charge is 2.14. The Labute approximate surface area is 153 Å². The Morgan fingerprint density at radius 2 is 2.15 bits per heavy atom. The Balaban J connectivity index is 0.00000117. The average Bonchev–Trinajstić information content (AvgIpc) is 3.24. The lowest BCUT2D eigenvalue weighted by molar-refractivity contribution is 0.628. The number of allylic oxidation sites excluding steroid dienone is 5. The first-order valence-corrected chi connectivity index (χ1v) is 8.43. The molecule has 0 saturated heterocycles. The zero-order chi connectivity index (χ0) is 19.3. The molecule has 0 unspecified atom stereocenters. The van der Waals surface area contributed by atoms with Crippen molar-refractivity contribution < 1.29 is 8.78 Å². The van der Waals surface area contributed by atoms with Crippen molar-refractivity contribution in [2.75, 3.05) is 0 Å². The Morgan fingerprint density at radius 3 is 2.85 bits per heavy atom. The summed E-state index contributed by atoms with van der Waals surface area (Å²) < 4.78 is 27.7. The second-order valence-electron chi connectivity index (χ2n) is 5.20. The number of imidazole rings is 1. The highest BCUT2D eigenvalue weighted by Crippen LogP contribution is 2.24. The highest BCUT2D eigenvalue weighted by molar-refractivity contribution is 6.31. The molecule has 26 heavy (non-hydrogen) atoms. The van der Waals surface area contributed by atoms with E-state index in [2.05, 4.69) is 15.0 Å². The van der Waals surface area contributed by atoms with Crippen molar-refractivity contribution in [3.63, 3.8) is 0 Å². The van der Waals surface area contributed by atoms with E-state index < -0.39 is 5.83 Å². The maximum absolute atomic E-state index is 14.3. The molecule has 138 valence electrons. The first-order chi connectivity index (χ1) is 12.5. The maximum Gasteiger partial charge on any atom is 0.326 e. The number of nitrogens with one attached hydrogen (secondary N) is 2. The van der Waals surface area contributed by atoms with Crippen LogP contribution in [0.3, 0.4) is 0 Å². The quantitative estimate of drug-likeness (QED) is 0.620. The minimum absolute atomic E-state index is 0.00163. The first kappa shape index (κ1) is 19.7. The molecular formula is C18H19ClF2N4O. The summed E-state index contributed by atoms with van der Waals surface area (Å²) in [4.78, 5) is 22.1. The number of rotatable bonds is 4. The smallest absolute Gasteiger partial charge is 0.326 e. The van der Waals surface area contributed by atoms with Crippen LogP contribution in [0, 0.1) is 0 Å². The molecule has 0 aliphatic carbocycles. The zero-order valence-corrected chi connectivity index (χ0v) is 15.4. The van der Waals surface area contributed by atoms with Crippen LogP contribution < -0.4 is 5.69 Å². The van der Waals surface area contributed by atoms with E-state index in [4.69, 9.17) is 11.6 Å². The Kier molecular flexibility index (Phi) is 6.52. The van der Waals surface area contributed by atoms with E-state index in [1.54, 1.807) is 18.5 Å². The predicted octanol–water partition coefficient (Wildman–Crippen LogP) is 5.08. The van der Waals surface area contributed by atoms with Crippen LogP contribution in [0.1, 0.15) is 20.8 Å². The third-order valence-electron chi connectivity index (χ3n) is 3.61. The molecular weight excluding hydrogens is 362 g/mol. The molecule has 0 radical (unpaired) electrons. The van der Waals surface area contributed by atoms with Gasteiger partial charge in [0.2, 0.25) is 0 Å². The molecule has 0 fully saturated rings. The highest BCUT2D eigenvalue weighted by atomic mass is 35.5. The van der Waals surface area contributed by atoms with Crippen molar-refractivity contribution in [1.82, 2.24) is 19.5 Å². The molecule has 3 rings (SSSR count). The summed E-state index contributed by atoms with van der Waals surface area (Å²) in [7, 11) is 0. The summed E-state index contributed by atoms with van der Waals surface area (Å²) >= 11 is 5.78. The van der Waals surface area contributed by atoms with E-state index in [0.29, 0.717) is 16.7 Å². The Hall–Kier alpha value is -2.67. The van der Waals surface area contributed by atoms with Gasteiger partial charge >= 0.3 is 5.69 Å². The van der Waals surface area contributed by atoms with Crippen molar-refractivity contribution in [3.05, 3.63) is 63.9 Å². The molecule has 0 aromatic carbocycles. The molecule has 0 spiro atoms. The number of nitrogens with zero attached hydrogens (tertiary/aromatic N) is 2. The van der Waals surface area contributed by atoms with Crippen LogP contribution in [-0.2, 0) is 6.54 Å². The van der Waals surface area contributed by atoms with Gasteiger partial charge in [-0.3, -0.25) is 4.57 Å². The number of halogens is 3. The monoisotopic (exact) mass is 380 g/mol. The molecule has 5 nitrogen and oxygen atoms in total. The molecule has 0 bridgehead atoms. The Bertz CT molecular complexity index is 1060. The SMILES string of the molecule is CC.CC(Cn1c(=O)[nH]c2cnc3[nH]ccc3c21)=C(F)/C(Cl)=C\C=C\F. The van der Waals surface area contributed by atoms with Crippen LogP contribution >= 0.6 is 11.6 Å². The van der Waals surface area contributed by atoms with Crippen molar-refractivity contribution >= 4 is 33.7 Å². The lowest BCUT2D eigenvalue weighted by atomic mass is 10.2. The fraction of sp³-hybridized carbons (Fsp3) is 0.222. The summed E-state index contributed by atoms with van der Waals surface area (Å²) in [6, 6.07) is 1.79. The largest absolute Gasteiger partial charge is 0.346 e. The number of aromatic nitrogens is 4. The van der Waals surface area contributed by atoms with Gasteiger partial charge in [0, 0.05) is 11.6 Å². The van der Waals surface area contributed by atoms with Gasteiger partial charge in [0.25, 0.3) is 0 Å². The third-order valence-corrected chi connectivity index (χ3v) is 3.90. The van der Waals surface area contributed by atoms with Gasteiger partial charge in [0.05, 0.1) is 35.1 Å². The van der Waals surface area contributed by atoms with E-state index in [0.717, 1.165) is 17.5 Å². The first-order valence-electron chi connectivity index (χ1n) is 8.05. The predicted molar refractivity (Wildman–Crippen MR) is 102 cm³/mol. The van der Waals surface area contributed by atoms with E-state index in [1.165, 1.54) is 11.5 Å². The second kappa shape index (κ2) is 8.62. The van der Waals surface area contributed by atoms with Crippen LogP contribution in [0.2, 0.25) is 0 Å².